The van der Waals surface area contributed by atoms with E-state index in [-0.39, 0.29) is 24.8 Å². The number of hydrogen-bond donors (Lipinski definition) is 3. The molecule has 2 aliphatic rings. The Bertz CT molecular complexity index is 315. The number of carbonyl (C=O) groups excluding carboxylic acids is 1. The van der Waals surface area contributed by atoms with Crippen LogP contribution in [0.15, 0.2) is 0 Å². The van der Waals surface area contributed by atoms with E-state index in [2.05, 4.69) is 5.32 Å². The van der Waals surface area contributed by atoms with Gasteiger partial charge in [-0.2, -0.15) is 0 Å². The van der Waals surface area contributed by atoms with Crippen LogP contribution in [-0.2, 0) is 9.59 Å². The number of β-amino-alcohol motifs (C(OH)–C–C–N with tert-alkyl or cyclic N) is 1. The van der Waals surface area contributed by atoms with E-state index in [1.54, 1.807) is 0 Å². The normalized spacial score (nSPS) is 33.7. The van der Waals surface area contributed by atoms with Gasteiger partial charge in [-0.25, -0.2) is 4.79 Å². The van der Waals surface area contributed by atoms with Crippen LogP contribution in [0.2, 0.25) is 0 Å². The van der Waals surface area contributed by atoms with Crippen molar-refractivity contribution < 1.29 is 19.8 Å². The molecule has 0 spiro atoms. The summed E-state index contributed by atoms with van der Waals surface area (Å²) in [7, 11) is 0. The summed E-state index contributed by atoms with van der Waals surface area (Å²) in [6, 6.07) is -0.862. The second-order valence-corrected chi connectivity index (χ2v) is 4.78. The van der Waals surface area contributed by atoms with Crippen LogP contribution in [0.3, 0.4) is 0 Å². The largest absolute Gasteiger partial charge is 0.480 e. The summed E-state index contributed by atoms with van der Waals surface area (Å²) in [6.45, 7) is 1.67. The van der Waals surface area contributed by atoms with E-state index < -0.39 is 18.1 Å². The van der Waals surface area contributed by atoms with Crippen molar-refractivity contribution in [2.75, 3.05) is 19.6 Å². The summed E-state index contributed by atoms with van der Waals surface area (Å²) >= 11 is 0. The first-order chi connectivity index (χ1) is 8.09. The maximum absolute atomic E-state index is 12.2. The van der Waals surface area contributed by atoms with Crippen LogP contribution in [0, 0.1) is 5.92 Å². The second kappa shape index (κ2) is 5.01. The monoisotopic (exact) mass is 242 g/mol. The molecule has 6 nitrogen and oxygen atoms in total. The van der Waals surface area contributed by atoms with Gasteiger partial charge in [0.15, 0.2) is 0 Å². The third kappa shape index (κ3) is 2.58. The molecule has 2 unspecified atom stereocenters. The Morgan fingerprint density at radius 3 is 2.71 bits per heavy atom. The van der Waals surface area contributed by atoms with Gasteiger partial charge in [0.25, 0.3) is 0 Å². The molecule has 3 atom stereocenters. The zero-order valence-electron chi connectivity index (χ0n) is 9.63. The van der Waals surface area contributed by atoms with E-state index in [0.29, 0.717) is 6.54 Å². The number of carboxylic acid groups (broad SMARTS) is 1. The van der Waals surface area contributed by atoms with Crippen molar-refractivity contribution in [3.63, 3.8) is 0 Å². The van der Waals surface area contributed by atoms with Crippen molar-refractivity contribution >= 4 is 11.9 Å². The second-order valence-electron chi connectivity index (χ2n) is 4.78. The van der Waals surface area contributed by atoms with Gasteiger partial charge < -0.3 is 20.4 Å². The third-order valence-corrected chi connectivity index (χ3v) is 3.49. The molecule has 1 amide bonds. The van der Waals surface area contributed by atoms with Gasteiger partial charge in [-0.15, -0.1) is 0 Å². The molecule has 0 radical (unpaired) electrons. The van der Waals surface area contributed by atoms with E-state index in [9.17, 15) is 14.7 Å². The molecule has 6 heteroatoms. The lowest BCUT2D eigenvalue weighted by Gasteiger charge is -2.29. The quantitative estimate of drug-likeness (QED) is 0.580. The topological polar surface area (TPSA) is 89.9 Å². The van der Waals surface area contributed by atoms with Crippen LogP contribution in [0.4, 0.5) is 0 Å². The Balaban J connectivity index is 2.04. The highest BCUT2D eigenvalue weighted by Crippen LogP contribution is 2.23. The van der Waals surface area contributed by atoms with E-state index in [4.69, 9.17) is 5.11 Å². The summed E-state index contributed by atoms with van der Waals surface area (Å²) in [4.78, 5) is 24.5. The highest BCUT2D eigenvalue weighted by Gasteiger charge is 2.41. The third-order valence-electron chi connectivity index (χ3n) is 3.49. The number of nitrogens with zero attached hydrogens (tertiary/aromatic N) is 1. The molecule has 0 aromatic heterocycles. The molecule has 3 N–H and O–H groups in total. The van der Waals surface area contributed by atoms with E-state index in [0.717, 1.165) is 19.4 Å². The molecule has 0 aliphatic carbocycles. The first-order valence-corrected chi connectivity index (χ1v) is 6.01. The Morgan fingerprint density at radius 2 is 2.12 bits per heavy atom. The molecule has 0 aromatic carbocycles. The highest BCUT2D eigenvalue weighted by molar-refractivity contribution is 5.86. The van der Waals surface area contributed by atoms with Crippen molar-refractivity contribution in [3.8, 4) is 0 Å². The minimum Gasteiger partial charge on any atom is -0.480 e. The number of hydrogen-bond acceptors (Lipinski definition) is 4. The molecule has 2 heterocycles. The maximum atomic E-state index is 12.2. The first-order valence-electron chi connectivity index (χ1n) is 6.01. The van der Waals surface area contributed by atoms with Crippen molar-refractivity contribution in [1.29, 1.82) is 0 Å². The summed E-state index contributed by atoms with van der Waals surface area (Å²) in [5, 5.41) is 21.7. The molecule has 96 valence electrons. The maximum Gasteiger partial charge on any atom is 0.326 e. The summed E-state index contributed by atoms with van der Waals surface area (Å²) in [6.07, 6.45) is 1.16. The molecular weight excluding hydrogens is 224 g/mol. The number of aliphatic carboxylic acids is 1. The molecule has 2 rings (SSSR count). The van der Waals surface area contributed by atoms with Crippen LogP contribution in [0.25, 0.3) is 0 Å². The highest BCUT2D eigenvalue weighted by atomic mass is 16.4. The number of piperidine rings is 1. The Hall–Kier alpha value is -1.14. The Kier molecular flexibility index (Phi) is 3.63. The molecule has 2 fully saturated rings. The van der Waals surface area contributed by atoms with Crippen LogP contribution in [0.1, 0.15) is 19.3 Å². The average molecular weight is 242 g/mol. The Labute approximate surface area is 99.6 Å². The van der Waals surface area contributed by atoms with Gasteiger partial charge in [0.1, 0.15) is 6.04 Å². The summed E-state index contributed by atoms with van der Waals surface area (Å²) in [5.74, 6) is -1.31. The van der Waals surface area contributed by atoms with Gasteiger partial charge in [-0.1, -0.05) is 0 Å². The number of carboxylic acids is 1. The number of nitrogens with one attached hydrogen (secondary N) is 1. The SMILES string of the molecule is O=C(O)C1CC(O)CN1C(=O)[C@@H]1CCCNC1. The number of likely N-dealkylation sites (tertiary alicyclic amines) is 1. The molecule has 17 heavy (non-hydrogen) atoms. The minimum atomic E-state index is -1.03. The number of amides is 1. The Morgan fingerprint density at radius 1 is 1.35 bits per heavy atom. The lowest BCUT2D eigenvalue weighted by Crippen LogP contribution is -2.47. The van der Waals surface area contributed by atoms with Gasteiger partial charge in [0.05, 0.1) is 12.0 Å². The van der Waals surface area contributed by atoms with E-state index >= 15 is 0 Å². The van der Waals surface area contributed by atoms with Gasteiger partial charge in [-0.05, 0) is 19.4 Å². The summed E-state index contributed by atoms with van der Waals surface area (Å²) < 4.78 is 0. The van der Waals surface area contributed by atoms with Gasteiger partial charge in [0.2, 0.25) is 5.91 Å². The molecule has 2 saturated heterocycles. The molecule has 0 saturated carbocycles. The van der Waals surface area contributed by atoms with Crippen molar-refractivity contribution in [2.24, 2.45) is 5.92 Å². The molecule has 2 aliphatic heterocycles. The van der Waals surface area contributed by atoms with E-state index in [1.165, 1.54) is 4.90 Å². The number of aliphatic hydroxyl groups is 1. The fourth-order valence-corrected chi connectivity index (χ4v) is 2.59. The van der Waals surface area contributed by atoms with Crippen molar-refractivity contribution in [1.82, 2.24) is 10.2 Å². The lowest BCUT2D eigenvalue weighted by atomic mass is 9.98. The average Bonchev–Trinajstić information content (AvgIpc) is 2.72. The van der Waals surface area contributed by atoms with E-state index in [1.807, 2.05) is 0 Å². The fraction of sp³-hybridized carbons (Fsp3) is 0.818. The molecule has 0 aromatic rings. The van der Waals surface area contributed by atoms with Crippen LogP contribution < -0.4 is 5.32 Å². The zero-order valence-corrected chi connectivity index (χ0v) is 9.63. The first kappa shape index (κ1) is 12.3. The lowest BCUT2D eigenvalue weighted by molar-refractivity contribution is -0.150. The van der Waals surface area contributed by atoms with Crippen LogP contribution >= 0.6 is 0 Å². The van der Waals surface area contributed by atoms with Gasteiger partial charge in [-0.3, -0.25) is 4.79 Å². The van der Waals surface area contributed by atoms with Crippen LogP contribution in [-0.4, -0.2) is 58.8 Å². The van der Waals surface area contributed by atoms with Crippen molar-refractivity contribution in [2.45, 2.75) is 31.4 Å². The molecule has 0 bridgehead atoms. The number of carbonyl (C=O) groups is 2. The van der Waals surface area contributed by atoms with Gasteiger partial charge in [0, 0.05) is 19.5 Å². The smallest absolute Gasteiger partial charge is 0.326 e. The predicted octanol–water partition coefficient (Wildman–Crippen LogP) is -0.968. The summed E-state index contributed by atoms with van der Waals surface area (Å²) in [5.41, 5.74) is 0. The molecular formula is C11H18N2O4. The standard InChI is InChI=1S/C11H18N2O4/c14-8-4-9(11(16)17)13(6-8)10(15)7-2-1-3-12-5-7/h7-9,12,14H,1-6H2,(H,16,17)/t7-,8?,9?/m1/s1. The predicted molar refractivity (Wildman–Crippen MR) is 59.4 cm³/mol. The fourth-order valence-electron chi connectivity index (χ4n) is 2.59. The minimum absolute atomic E-state index is 0.138. The van der Waals surface area contributed by atoms with Gasteiger partial charge >= 0.3 is 5.97 Å². The van der Waals surface area contributed by atoms with Crippen LogP contribution in [0.5, 0.6) is 0 Å². The number of aliphatic hydroxyl groups excluding tert-OH is 1. The number of rotatable bonds is 2. The zero-order chi connectivity index (χ0) is 12.4. The van der Waals surface area contributed by atoms with Crippen molar-refractivity contribution in [3.05, 3.63) is 0 Å².